The number of hydrogen-bond donors (Lipinski definition) is 1. The molecule has 0 atom stereocenters. The van der Waals surface area contributed by atoms with Crippen LogP contribution in [0.5, 0.6) is 0 Å². The fraction of sp³-hybridized carbons (Fsp3) is 0.0526. The summed E-state index contributed by atoms with van der Waals surface area (Å²) >= 11 is 0. The summed E-state index contributed by atoms with van der Waals surface area (Å²) in [7, 11) is 0. The molecule has 0 fully saturated rings. The Morgan fingerprint density at radius 3 is 2.58 bits per heavy atom. The summed E-state index contributed by atoms with van der Waals surface area (Å²) in [6, 6.07) is 16.8. The van der Waals surface area contributed by atoms with E-state index in [9.17, 15) is 4.79 Å². The Morgan fingerprint density at radius 2 is 1.85 bits per heavy atom. The maximum absolute atomic E-state index is 12.7. The lowest BCUT2D eigenvalue weighted by Crippen LogP contribution is -2.16. The molecular weight excluding hydrogens is 330 g/mol. The van der Waals surface area contributed by atoms with Crippen molar-refractivity contribution in [1.82, 2.24) is 19.7 Å². The number of benzene rings is 2. The smallest absolute Gasteiger partial charge is 0.258 e. The second kappa shape index (κ2) is 6.64. The van der Waals surface area contributed by atoms with E-state index in [2.05, 4.69) is 20.4 Å². The zero-order valence-electron chi connectivity index (χ0n) is 14.0. The minimum atomic E-state index is -0.251. The van der Waals surface area contributed by atoms with Gasteiger partial charge in [0.2, 0.25) is 11.8 Å². The zero-order chi connectivity index (χ0) is 17.9. The van der Waals surface area contributed by atoms with Gasteiger partial charge in [0, 0.05) is 5.56 Å². The average molecular weight is 345 g/mol. The van der Waals surface area contributed by atoms with E-state index in [0.717, 1.165) is 11.3 Å². The summed E-state index contributed by atoms with van der Waals surface area (Å²) in [4.78, 5) is 21.2. The van der Waals surface area contributed by atoms with Crippen LogP contribution in [0, 0.1) is 6.92 Å². The van der Waals surface area contributed by atoms with Crippen LogP contribution in [0.3, 0.4) is 0 Å². The van der Waals surface area contributed by atoms with E-state index in [-0.39, 0.29) is 5.91 Å². The van der Waals surface area contributed by atoms with Crippen molar-refractivity contribution >= 4 is 11.9 Å². The highest BCUT2D eigenvalue weighted by atomic mass is 16.3. The summed E-state index contributed by atoms with van der Waals surface area (Å²) < 4.78 is 6.57. The number of oxazole rings is 1. The molecule has 2 aromatic carbocycles. The molecular formula is C19H15N5O2. The van der Waals surface area contributed by atoms with Gasteiger partial charge in [0.1, 0.15) is 12.0 Å². The van der Waals surface area contributed by atoms with Crippen molar-refractivity contribution in [2.24, 2.45) is 0 Å². The molecule has 0 aliphatic carbocycles. The number of amides is 1. The number of rotatable bonds is 4. The first kappa shape index (κ1) is 15.8. The molecule has 0 aliphatic rings. The monoisotopic (exact) mass is 345 g/mol. The molecule has 2 aromatic heterocycles. The maximum Gasteiger partial charge on any atom is 0.258 e. The van der Waals surface area contributed by atoms with Gasteiger partial charge in [-0.25, -0.2) is 4.98 Å². The lowest BCUT2D eigenvalue weighted by atomic mass is 10.1. The topological polar surface area (TPSA) is 85.8 Å². The Morgan fingerprint density at radius 1 is 1.08 bits per heavy atom. The summed E-state index contributed by atoms with van der Waals surface area (Å²) in [5, 5.41) is 7.30. The van der Waals surface area contributed by atoms with Crippen molar-refractivity contribution in [3.05, 3.63) is 78.4 Å². The van der Waals surface area contributed by atoms with Crippen LogP contribution >= 0.6 is 0 Å². The first-order valence-electron chi connectivity index (χ1n) is 8.00. The third-order valence-electron chi connectivity index (χ3n) is 3.88. The van der Waals surface area contributed by atoms with E-state index < -0.39 is 0 Å². The highest BCUT2D eigenvalue weighted by Crippen LogP contribution is 2.20. The molecule has 1 amide bonds. The highest BCUT2D eigenvalue weighted by molar-refractivity contribution is 6.04. The van der Waals surface area contributed by atoms with Crippen molar-refractivity contribution in [3.63, 3.8) is 0 Å². The van der Waals surface area contributed by atoms with E-state index >= 15 is 0 Å². The van der Waals surface area contributed by atoms with Gasteiger partial charge in [0.05, 0.1) is 5.69 Å². The first-order valence-corrected chi connectivity index (χ1v) is 8.00. The lowest BCUT2D eigenvalue weighted by Gasteiger charge is -2.08. The van der Waals surface area contributed by atoms with Crippen LogP contribution < -0.4 is 5.32 Å². The molecule has 7 nitrogen and oxygen atoms in total. The van der Waals surface area contributed by atoms with Crippen molar-refractivity contribution < 1.29 is 9.21 Å². The molecule has 0 saturated carbocycles. The van der Waals surface area contributed by atoms with E-state index in [1.54, 1.807) is 10.7 Å². The van der Waals surface area contributed by atoms with Crippen molar-refractivity contribution in [1.29, 1.82) is 0 Å². The fourth-order valence-electron chi connectivity index (χ4n) is 2.57. The Labute approximate surface area is 149 Å². The zero-order valence-corrected chi connectivity index (χ0v) is 14.0. The van der Waals surface area contributed by atoms with Gasteiger partial charge < -0.3 is 4.42 Å². The molecule has 4 aromatic rings. The summed E-state index contributed by atoms with van der Waals surface area (Å²) in [5.41, 5.74) is 2.73. The number of carbonyl (C=O) groups excluding carboxylic acids is 1. The normalized spacial score (nSPS) is 10.7. The van der Waals surface area contributed by atoms with E-state index in [1.807, 2.05) is 55.5 Å². The summed E-state index contributed by atoms with van der Waals surface area (Å²) in [6.07, 6.45) is 2.77. The minimum Gasteiger partial charge on any atom is -0.451 e. The number of nitrogens with zero attached hydrogens (tertiary/aromatic N) is 4. The number of carbonyl (C=O) groups is 1. The third kappa shape index (κ3) is 2.98. The molecule has 0 saturated heterocycles. The Hall–Kier alpha value is -3.74. The van der Waals surface area contributed by atoms with E-state index in [1.165, 1.54) is 12.7 Å². The molecule has 0 aliphatic heterocycles. The third-order valence-corrected chi connectivity index (χ3v) is 3.88. The second-order valence-corrected chi connectivity index (χ2v) is 5.65. The fourth-order valence-corrected chi connectivity index (χ4v) is 2.57. The van der Waals surface area contributed by atoms with Gasteiger partial charge in [0.25, 0.3) is 5.91 Å². The maximum atomic E-state index is 12.7. The number of nitrogens with one attached hydrogen (secondary N) is 1. The standard InChI is InChI=1S/C19H15N5O2/c1-13-7-5-6-10-15(13)18(25)22-19-21-17(16-11-26-12-20-16)23-24(19)14-8-3-2-4-9-14/h2-12H,1H3,(H,21,22,23,25). The molecule has 0 radical (unpaired) electrons. The number of para-hydroxylation sites is 1. The van der Waals surface area contributed by atoms with Crippen LogP contribution in [0.1, 0.15) is 15.9 Å². The van der Waals surface area contributed by atoms with Gasteiger partial charge in [-0.1, -0.05) is 36.4 Å². The quantitative estimate of drug-likeness (QED) is 0.612. The van der Waals surface area contributed by atoms with Crippen LogP contribution in [0.25, 0.3) is 17.2 Å². The van der Waals surface area contributed by atoms with Crippen molar-refractivity contribution in [2.75, 3.05) is 5.32 Å². The first-order chi connectivity index (χ1) is 12.7. The molecule has 7 heteroatoms. The molecule has 4 rings (SSSR count). The van der Waals surface area contributed by atoms with Gasteiger partial charge in [-0.2, -0.15) is 9.67 Å². The summed E-state index contributed by atoms with van der Waals surface area (Å²) in [6.45, 7) is 1.89. The van der Waals surface area contributed by atoms with Crippen LogP contribution in [-0.4, -0.2) is 25.7 Å². The number of aromatic nitrogens is 4. The summed E-state index contributed by atoms with van der Waals surface area (Å²) in [5.74, 6) is 0.421. The molecule has 0 spiro atoms. The lowest BCUT2D eigenvalue weighted by molar-refractivity contribution is 0.102. The number of anilines is 1. The predicted octanol–water partition coefficient (Wildman–Crippen LogP) is 3.48. The molecule has 0 bridgehead atoms. The Balaban J connectivity index is 1.75. The van der Waals surface area contributed by atoms with Crippen LogP contribution in [0.2, 0.25) is 0 Å². The van der Waals surface area contributed by atoms with Crippen LogP contribution in [0.15, 0.2) is 71.7 Å². The van der Waals surface area contributed by atoms with Crippen LogP contribution in [-0.2, 0) is 0 Å². The van der Waals surface area contributed by atoms with Crippen molar-refractivity contribution in [3.8, 4) is 17.2 Å². The Bertz CT molecular complexity index is 1040. The second-order valence-electron chi connectivity index (χ2n) is 5.65. The van der Waals surface area contributed by atoms with Crippen LogP contribution in [0.4, 0.5) is 5.95 Å². The number of aryl methyl sites for hydroxylation is 1. The van der Waals surface area contributed by atoms with Gasteiger partial charge in [-0.05, 0) is 30.7 Å². The molecule has 26 heavy (non-hydrogen) atoms. The average Bonchev–Trinajstić information content (AvgIpc) is 3.32. The molecule has 2 heterocycles. The van der Waals surface area contributed by atoms with Gasteiger partial charge in [-0.15, -0.1) is 5.10 Å². The van der Waals surface area contributed by atoms with Crippen molar-refractivity contribution in [2.45, 2.75) is 6.92 Å². The van der Waals surface area contributed by atoms with Gasteiger partial charge >= 0.3 is 0 Å². The number of hydrogen-bond acceptors (Lipinski definition) is 5. The van der Waals surface area contributed by atoms with E-state index in [0.29, 0.717) is 23.0 Å². The van der Waals surface area contributed by atoms with E-state index in [4.69, 9.17) is 4.42 Å². The molecule has 0 unspecified atom stereocenters. The predicted molar refractivity (Wildman–Crippen MR) is 96.0 cm³/mol. The molecule has 128 valence electrons. The largest absolute Gasteiger partial charge is 0.451 e. The SMILES string of the molecule is Cc1ccccc1C(=O)Nc1nc(-c2cocn2)nn1-c1ccccc1. The van der Waals surface area contributed by atoms with Gasteiger partial charge in [-0.3, -0.25) is 10.1 Å². The highest BCUT2D eigenvalue weighted by Gasteiger charge is 2.18. The Kier molecular flexibility index (Phi) is 4.03. The van der Waals surface area contributed by atoms with Gasteiger partial charge in [0.15, 0.2) is 6.39 Å². The molecule has 1 N–H and O–H groups in total. The minimum absolute atomic E-state index is 0.251.